The molecule has 17 heavy (non-hydrogen) atoms. The Labute approximate surface area is 106 Å². The number of para-hydroxylation sites is 1. The molecule has 0 radical (unpaired) electrons. The molecular formula is C13H9BrO3. The summed E-state index contributed by atoms with van der Waals surface area (Å²) >= 11 is 3.35. The highest BCUT2D eigenvalue weighted by atomic mass is 79.9. The van der Waals surface area contributed by atoms with Gasteiger partial charge in [0, 0.05) is 15.6 Å². The van der Waals surface area contributed by atoms with Gasteiger partial charge in [0.05, 0.1) is 5.56 Å². The minimum absolute atomic E-state index is 0.121. The Hall–Kier alpha value is -1.81. The van der Waals surface area contributed by atoms with Crippen molar-refractivity contribution in [2.75, 3.05) is 0 Å². The molecule has 0 aromatic heterocycles. The number of hydrogen-bond donors (Lipinski definition) is 2. The zero-order valence-electron chi connectivity index (χ0n) is 8.72. The van der Waals surface area contributed by atoms with Gasteiger partial charge < -0.3 is 10.2 Å². The number of carboxylic acid groups (broad SMARTS) is 1. The van der Waals surface area contributed by atoms with Crippen molar-refractivity contribution in [3.63, 3.8) is 0 Å². The molecular weight excluding hydrogens is 284 g/mol. The minimum atomic E-state index is -0.992. The van der Waals surface area contributed by atoms with Crippen LogP contribution in [0.3, 0.4) is 0 Å². The molecule has 0 aliphatic carbocycles. The zero-order valence-corrected chi connectivity index (χ0v) is 10.3. The van der Waals surface area contributed by atoms with E-state index in [1.54, 1.807) is 30.3 Å². The van der Waals surface area contributed by atoms with Crippen LogP contribution in [0.4, 0.5) is 0 Å². The van der Waals surface area contributed by atoms with Crippen LogP contribution < -0.4 is 0 Å². The molecule has 86 valence electrons. The third-order valence-electron chi connectivity index (χ3n) is 2.41. The molecule has 0 fully saturated rings. The third-order valence-corrected chi connectivity index (χ3v) is 3.10. The summed E-state index contributed by atoms with van der Waals surface area (Å²) in [6, 6.07) is 11.5. The Kier molecular flexibility index (Phi) is 3.15. The van der Waals surface area contributed by atoms with E-state index in [4.69, 9.17) is 5.11 Å². The molecule has 0 unspecified atom stereocenters. The summed E-state index contributed by atoms with van der Waals surface area (Å²) in [7, 11) is 0. The molecule has 0 amide bonds. The summed E-state index contributed by atoms with van der Waals surface area (Å²) in [6.07, 6.45) is 0. The number of carbonyl (C=O) groups is 1. The largest absolute Gasteiger partial charge is 0.507 e. The lowest BCUT2D eigenvalue weighted by atomic mass is 10.0. The smallest absolute Gasteiger partial charge is 0.335 e. The number of phenols is 1. The molecule has 2 aromatic carbocycles. The first-order chi connectivity index (χ1) is 8.09. The van der Waals surface area contributed by atoms with E-state index in [2.05, 4.69) is 15.9 Å². The Morgan fingerprint density at radius 2 is 1.76 bits per heavy atom. The Balaban J connectivity index is 2.63. The van der Waals surface area contributed by atoms with E-state index in [1.807, 2.05) is 0 Å². The molecule has 0 bridgehead atoms. The number of benzene rings is 2. The number of aromatic carboxylic acids is 1. The van der Waals surface area contributed by atoms with Crippen LogP contribution in [0.2, 0.25) is 0 Å². The number of hydrogen-bond acceptors (Lipinski definition) is 2. The lowest BCUT2D eigenvalue weighted by molar-refractivity contribution is 0.0697. The van der Waals surface area contributed by atoms with Gasteiger partial charge in [-0.3, -0.25) is 0 Å². The van der Waals surface area contributed by atoms with Crippen molar-refractivity contribution in [1.82, 2.24) is 0 Å². The maximum absolute atomic E-state index is 10.9. The fraction of sp³-hybridized carbons (Fsp3) is 0. The third kappa shape index (κ3) is 2.31. The number of carboxylic acids is 1. The van der Waals surface area contributed by atoms with Gasteiger partial charge >= 0.3 is 5.97 Å². The number of phenolic OH excluding ortho intramolecular Hbond substituents is 1. The molecule has 0 aliphatic heterocycles. The van der Waals surface area contributed by atoms with Gasteiger partial charge in [-0.2, -0.15) is 0 Å². The monoisotopic (exact) mass is 292 g/mol. The van der Waals surface area contributed by atoms with E-state index < -0.39 is 5.97 Å². The number of aromatic hydroxyl groups is 1. The number of rotatable bonds is 2. The van der Waals surface area contributed by atoms with Crippen LogP contribution in [0.15, 0.2) is 46.9 Å². The quantitative estimate of drug-likeness (QED) is 0.890. The SMILES string of the molecule is O=C(O)c1ccc(Br)c(-c2ccccc2O)c1. The second-order valence-corrected chi connectivity index (χ2v) is 4.37. The van der Waals surface area contributed by atoms with E-state index in [0.29, 0.717) is 11.1 Å². The Morgan fingerprint density at radius 3 is 2.41 bits per heavy atom. The second-order valence-electron chi connectivity index (χ2n) is 3.52. The summed E-state index contributed by atoms with van der Waals surface area (Å²) in [5.74, 6) is -0.870. The van der Waals surface area contributed by atoms with Crippen LogP contribution in [-0.4, -0.2) is 16.2 Å². The van der Waals surface area contributed by atoms with Crippen molar-refractivity contribution in [3.8, 4) is 16.9 Å². The van der Waals surface area contributed by atoms with Crippen LogP contribution in [0.1, 0.15) is 10.4 Å². The molecule has 0 saturated carbocycles. The average molecular weight is 293 g/mol. The molecule has 2 rings (SSSR count). The predicted octanol–water partition coefficient (Wildman–Crippen LogP) is 3.52. The molecule has 2 aromatic rings. The van der Waals surface area contributed by atoms with E-state index >= 15 is 0 Å². The van der Waals surface area contributed by atoms with Gasteiger partial charge in [-0.1, -0.05) is 34.1 Å². The predicted molar refractivity (Wildman–Crippen MR) is 68.2 cm³/mol. The van der Waals surface area contributed by atoms with Gasteiger partial charge in [0.15, 0.2) is 0 Å². The molecule has 0 aliphatic rings. The Bertz CT molecular complexity index is 579. The summed E-state index contributed by atoms with van der Waals surface area (Å²) < 4.78 is 0.740. The highest BCUT2D eigenvalue weighted by molar-refractivity contribution is 9.10. The van der Waals surface area contributed by atoms with Crippen LogP contribution >= 0.6 is 15.9 Å². The normalized spacial score (nSPS) is 10.2. The maximum Gasteiger partial charge on any atom is 0.335 e. The molecule has 0 saturated heterocycles. The lowest BCUT2D eigenvalue weighted by Gasteiger charge is -2.08. The van der Waals surface area contributed by atoms with Crippen molar-refractivity contribution >= 4 is 21.9 Å². The minimum Gasteiger partial charge on any atom is -0.507 e. The van der Waals surface area contributed by atoms with E-state index in [9.17, 15) is 9.90 Å². The number of halogens is 1. The summed E-state index contributed by atoms with van der Waals surface area (Å²) in [4.78, 5) is 10.9. The van der Waals surface area contributed by atoms with Crippen molar-refractivity contribution in [3.05, 3.63) is 52.5 Å². The molecule has 0 heterocycles. The molecule has 2 N–H and O–H groups in total. The molecule has 0 atom stereocenters. The van der Waals surface area contributed by atoms with Crippen molar-refractivity contribution in [1.29, 1.82) is 0 Å². The Morgan fingerprint density at radius 1 is 1.06 bits per heavy atom. The lowest BCUT2D eigenvalue weighted by Crippen LogP contribution is -1.96. The van der Waals surface area contributed by atoms with Gasteiger partial charge in [-0.05, 0) is 24.3 Å². The summed E-state index contributed by atoms with van der Waals surface area (Å²) in [5.41, 5.74) is 1.44. The average Bonchev–Trinajstić information content (AvgIpc) is 2.30. The summed E-state index contributed by atoms with van der Waals surface area (Å²) in [5, 5.41) is 18.7. The van der Waals surface area contributed by atoms with Gasteiger partial charge in [0.1, 0.15) is 5.75 Å². The second kappa shape index (κ2) is 4.59. The molecule has 0 spiro atoms. The van der Waals surface area contributed by atoms with Crippen LogP contribution in [0.25, 0.3) is 11.1 Å². The van der Waals surface area contributed by atoms with E-state index in [0.717, 1.165) is 4.47 Å². The van der Waals surface area contributed by atoms with Gasteiger partial charge in [-0.15, -0.1) is 0 Å². The van der Waals surface area contributed by atoms with Gasteiger partial charge in [0.25, 0.3) is 0 Å². The highest BCUT2D eigenvalue weighted by Gasteiger charge is 2.11. The molecule has 4 heteroatoms. The zero-order chi connectivity index (χ0) is 12.4. The van der Waals surface area contributed by atoms with Crippen molar-refractivity contribution < 1.29 is 15.0 Å². The van der Waals surface area contributed by atoms with E-state index in [1.165, 1.54) is 12.1 Å². The maximum atomic E-state index is 10.9. The summed E-state index contributed by atoms with van der Waals surface area (Å²) in [6.45, 7) is 0. The van der Waals surface area contributed by atoms with Crippen molar-refractivity contribution in [2.45, 2.75) is 0 Å². The van der Waals surface area contributed by atoms with E-state index in [-0.39, 0.29) is 11.3 Å². The van der Waals surface area contributed by atoms with Crippen LogP contribution in [0.5, 0.6) is 5.75 Å². The fourth-order valence-corrected chi connectivity index (χ4v) is 2.03. The standard InChI is InChI=1S/C13H9BrO3/c14-11-6-5-8(13(16)17)7-10(11)9-3-1-2-4-12(9)15/h1-7,15H,(H,16,17). The fourth-order valence-electron chi connectivity index (χ4n) is 1.57. The van der Waals surface area contributed by atoms with Gasteiger partial charge in [0.2, 0.25) is 0 Å². The first-order valence-corrected chi connectivity index (χ1v) is 5.70. The first kappa shape index (κ1) is 11.7. The first-order valence-electron chi connectivity index (χ1n) is 4.91. The topological polar surface area (TPSA) is 57.5 Å². The van der Waals surface area contributed by atoms with Crippen LogP contribution in [-0.2, 0) is 0 Å². The van der Waals surface area contributed by atoms with Crippen molar-refractivity contribution in [2.24, 2.45) is 0 Å². The van der Waals surface area contributed by atoms with Crippen LogP contribution in [0, 0.1) is 0 Å². The highest BCUT2D eigenvalue weighted by Crippen LogP contribution is 2.34. The van der Waals surface area contributed by atoms with Gasteiger partial charge in [-0.25, -0.2) is 4.79 Å². The molecule has 3 nitrogen and oxygen atoms in total.